The van der Waals surface area contributed by atoms with E-state index in [0.717, 1.165) is 30.4 Å². The zero-order valence-electron chi connectivity index (χ0n) is 12.1. The van der Waals surface area contributed by atoms with E-state index in [1.807, 2.05) is 4.90 Å². The van der Waals surface area contributed by atoms with Crippen molar-refractivity contribution >= 4 is 16.7 Å². The van der Waals surface area contributed by atoms with Gasteiger partial charge >= 0.3 is 0 Å². The summed E-state index contributed by atoms with van der Waals surface area (Å²) in [6.45, 7) is -0.0914. The van der Waals surface area contributed by atoms with Crippen LogP contribution in [0.2, 0.25) is 0 Å². The number of rotatable bonds is 4. The molecular weight excluding hydrogens is 282 g/mol. The molecule has 6 nitrogen and oxygen atoms in total. The molecule has 0 radical (unpaired) electrons. The fourth-order valence-electron chi connectivity index (χ4n) is 2.99. The molecular formula is C16H17N3O3. The summed E-state index contributed by atoms with van der Waals surface area (Å²) in [5, 5.41) is 3.23. The van der Waals surface area contributed by atoms with Gasteiger partial charge < -0.3 is 4.90 Å². The third-order valence-electron chi connectivity index (χ3n) is 4.35. The van der Waals surface area contributed by atoms with Gasteiger partial charge in [0.15, 0.2) is 0 Å². The van der Waals surface area contributed by atoms with Crippen LogP contribution in [0.15, 0.2) is 33.9 Å². The van der Waals surface area contributed by atoms with Gasteiger partial charge in [0.2, 0.25) is 5.91 Å². The van der Waals surface area contributed by atoms with Crippen molar-refractivity contribution in [3.8, 4) is 0 Å². The summed E-state index contributed by atoms with van der Waals surface area (Å²) in [5.41, 5.74) is -0.664. The summed E-state index contributed by atoms with van der Waals surface area (Å²) in [6, 6.07) is 7.34. The summed E-state index contributed by atoms with van der Waals surface area (Å²) >= 11 is 0. The normalized spacial score (nSPS) is 17.6. The number of hydrogen-bond acceptors (Lipinski definition) is 3. The molecule has 0 unspecified atom stereocenters. The summed E-state index contributed by atoms with van der Waals surface area (Å²) in [5.74, 6) is -0.0713. The number of nitrogens with zero attached hydrogens (tertiary/aromatic N) is 2. The molecule has 1 aromatic heterocycles. The van der Waals surface area contributed by atoms with Crippen molar-refractivity contribution in [3.05, 3.63) is 45.0 Å². The number of carbonyl (C=O) groups excluding carboxylic acids is 1. The fourth-order valence-corrected chi connectivity index (χ4v) is 2.99. The maximum atomic E-state index is 12.5. The molecule has 2 aliphatic rings. The molecule has 1 N–H and O–H groups in total. The lowest BCUT2D eigenvalue weighted by Gasteiger charge is -2.22. The Kier molecular flexibility index (Phi) is 2.92. The monoisotopic (exact) mass is 299 g/mol. The van der Waals surface area contributed by atoms with Gasteiger partial charge in [0.1, 0.15) is 6.54 Å². The van der Waals surface area contributed by atoms with E-state index in [9.17, 15) is 14.4 Å². The van der Waals surface area contributed by atoms with Gasteiger partial charge in [-0.05, 0) is 37.8 Å². The molecule has 2 fully saturated rings. The fraction of sp³-hybridized carbons (Fsp3) is 0.438. The van der Waals surface area contributed by atoms with Crippen LogP contribution in [-0.2, 0) is 11.3 Å². The van der Waals surface area contributed by atoms with E-state index in [0.29, 0.717) is 22.9 Å². The van der Waals surface area contributed by atoms with Gasteiger partial charge in [-0.25, -0.2) is 4.68 Å². The largest absolute Gasteiger partial charge is 0.335 e. The summed E-state index contributed by atoms with van der Waals surface area (Å²) < 4.78 is 1.14. The van der Waals surface area contributed by atoms with E-state index < -0.39 is 0 Å². The zero-order valence-corrected chi connectivity index (χ0v) is 12.1. The molecule has 0 atom stereocenters. The number of fused-ring (bicyclic) bond motifs is 1. The minimum atomic E-state index is -0.340. The number of aromatic amines is 1. The van der Waals surface area contributed by atoms with Gasteiger partial charge in [0.05, 0.1) is 10.8 Å². The first kappa shape index (κ1) is 13.3. The topological polar surface area (TPSA) is 75.2 Å². The van der Waals surface area contributed by atoms with E-state index >= 15 is 0 Å². The second kappa shape index (κ2) is 4.83. The lowest BCUT2D eigenvalue weighted by Crippen LogP contribution is -2.41. The van der Waals surface area contributed by atoms with Gasteiger partial charge in [0, 0.05) is 12.1 Å². The highest BCUT2D eigenvalue weighted by atomic mass is 16.2. The van der Waals surface area contributed by atoms with Crippen LogP contribution >= 0.6 is 0 Å². The van der Waals surface area contributed by atoms with Gasteiger partial charge in [-0.15, -0.1) is 0 Å². The molecule has 1 heterocycles. The van der Waals surface area contributed by atoms with Crippen LogP contribution in [0.3, 0.4) is 0 Å². The van der Waals surface area contributed by atoms with Crippen molar-refractivity contribution in [1.82, 2.24) is 14.7 Å². The molecule has 0 bridgehead atoms. The average molecular weight is 299 g/mol. The molecule has 2 aromatic rings. The standard InChI is InChI=1S/C16H17N3O3/c20-14(19(10-5-6-10)11-7-8-11)9-18-16(22)13-4-2-1-3-12(13)15(21)17-18/h1-4,10-11H,5-9H2,(H,17,21). The van der Waals surface area contributed by atoms with Crippen molar-refractivity contribution in [2.75, 3.05) is 0 Å². The predicted octanol–water partition coefficient (Wildman–Crippen LogP) is 0.843. The highest BCUT2D eigenvalue weighted by molar-refractivity contribution is 5.81. The molecule has 1 aromatic carbocycles. The van der Waals surface area contributed by atoms with Gasteiger partial charge in [0.25, 0.3) is 11.1 Å². The Balaban J connectivity index is 1.69. The average Bonchev–Trinajstić information content (AvgIpc) is 3.39. The minimum Gasteiger partial charge on any atom is -0.335 e. The highest BCUT2D eigenvalue weighted by Gasteiger charge is 2.41. The number of nitrogens with one attached hydrogen (secondary N) is 1. The maximum absolute atomic E-state index is 12.5. The van der Waals surface area contributed by atoms with Crippen LogP contribution in [0, 0.1) is 0 Å². The van der Waals surface area contributed by atoms with Crippen LogP contribution in [0.1, 0.15) is 25.7 Å². The van der Waals surface area contributed by atoms with Crippen molar-refractivity contribution in [3.63, 3.8) is 0 Å². The van der Waals surface area contributed by atoms with Gasteiger partial charge in [-0.3, -0.25) is 19.5 Å². The number of carbonyl (C=O) groups is 1. The first-order chi connectivity index (χ1) is 10.6. The molecule has 114 valence electrons. The molecule has 0 aliphatic heterocycles. The number of benzene rings is 1. The summed E-state index contributed by atoms with van der Waals surface area (Å²) in [6.07, 6.45) is 4.19. The van der Waals surface area contributed by atoms with E-state index in [4.69, 9.17) is 0 Å². The Hall–Kier alpha value is -2.37. The Morgan fingerprint density at radius 3 is 2.27 bits per heavy atom. The minimum absolute atomic E-state index is 0.0713. The molecule has 0 spiro atoms. The van der Waals surface area contributed by atoms with Crippen LogP contribution in [0.4, 0.5) is 0 Å². The Morgan fingerprint density at radius 1 is 1.09 bits per heavy atom. The number of H-pyrrole nitrogens is 1. The molecule has 0 saturated heterocycles. The third kappa shape index (κ3) is 2.24. The van der Waals surface area contributed by atoms with Gasteiger partial charge in [-0.2, -0.15) is 0 Å². The molecule has 2 aliphatic carbocycles. The third-order valence-corrected chi connectivity index (χ3v) is 4.35. The molecule has 4 rings (SSSR count). The van der Waals surface area contributed by atoms with Crippen molar-refractivity contribution in [2.24, 2.45) is 0 Å². The van der Waals surface area contributed by atoms with Crippen molar-refractivity contribution < 1.29 is 4.79 Å². The number of amides is 1. The van der Waals surface area contributed by atoms with Crippen LogP contribution in [-0.4, -0.2) is 32.7 Å². The molecule has 22 heavy (non-hydrogen) atoms. The smallest absolute Gasteiger partial charge is 0.273 e. The van der Waals surface area contributed by atoms with Crippen LogP contribution in [0.25, 0.3) is 10.8 Å². The predicted molar refractivity (Wildman–Crippen MR) is 81.7 cm³/mol. The summed E-state index contributed by atoms with van der Waals surface area (Å²) in [7, 11) is 0. The second-order valence-corrected chi connectivity index (χ2v) is 6.14. The Morgan fingerprint density at radius 2 is 1.68 bits per heavy atom. The van der Waals surface area contributed by atoms with E-state index in [2.05, 4.69) is 5.10 Å². The van der Waals surface area contributed by atoms with E-state index in [1.165, 1.54) is 0 Å². The summed E-state index contributed by atoms with van der Waals surface area (Å²) in [4.78, 5) is 38.9. The highest BCUT2D eigenvalue weighted by Crippen LogP contribution is 2.37. The molecule has 1 amide bonds. The number of aromatic nitrogens is 2. The lowest BCUT2D eigenvalue weighted by atomic mass is 10.2. The first-order valence-corrected chi connectivity index (χ1v) is 7.68. The zero-order chi connectivity index (χ0) is 15.3. The van der Waals surface area contributed by atoms with Crippen molar-refractivity contribution in [2.45, 2.75) is 44.3 Å². The van der Waals surface area contributed by atoms with E-state index in [-0.39, 0.29) is 23.6 Å². The maximum Gasteiger partial charge on any atom is 0.273 e. The second-order valence-electron chi connectivity index (χ2n) is 6.14. The number of hydrogen-bond donors (Lipinski definition) is 1. The van der Waals surface area contributed by atoms with Crippen LogP contribution in [0.5, 0.6) is 0 Å². The molecule has 6 heteroatoms. The SMILES string of the molecule is O=C(Cn1[nH]c(=O)c2ccccc2c1=O)N(C1CC1)C1CC1. The quantitative estimate of drug-likeness (QED) is 0.909. The van der Waals surface area contributed by atoms with E-state index in [1.54, 1.807) is 24.3 Å². The Bertz CT molecular complexity index is 847. The van der Waals surface area contributed by atoms with Crippen LogP contribution < -0.4 is 11.1 Å². The van der Waals surface area contributed by atoms with Crippen molar-refractivity contribution in [1.29, 1.82) is 0 Å². The molecule has 2 saturated carbocycles. The lowest BCUT2D eigenvalue weighted by molar-refractivity contribution is -0.133. The first-order valence-electron chi connectivity index (χ1n) is 7.68. The van der Waals surface area contributed by atoms with Gasteiger partial charge in [-0.1, -0.05) is 12.1 Å². The Labute approximate surface area is 126 Å².